The van der Waals surface area contributed by atoms with Crippen LogP contribution in [0.1, 0.15) is 30.0 Å². The summed E-state index contributed by atoms with van der Waals surface area (Å²) in [6.07, 6.45) is 2.12. The Morgan fingerprint density at radius 1 is 0.947 bits per heavy atom. The van der Waals surface area contributed by atoms with Crippen molar-refractivity contribution in [2.45, 2.75) is 24.3 Å². The number of nitrogens with zero attached hydrogens (tertiary/aromatic N) is 1. The second kappa shape index (κ2) is 11.1. The number of hydrogen-bond donors (Lipinski definition) is 3. The van der Waals surface area contributed by atoms with Gasteiger partial charge in [0.15, 0.2) is 9.84 Å². The highest BCUT2D eigenvalue weighted by Gasteiger charge is 2.45. The van der Waals surface area contributed by atoms with Gasteiger partial charge in [0.05, 0.1) is 20.8 Å². The monoisotopic (exact) mass is 572 g/mol. The largest absolute Gasteiger partial charge is 0.324 e. The van der Waals surface area contributed by atoms with Crippen LogP contribution >= 0.6 is 22.9 Å². The molecule has 11 heteroatoms. The van der Waals surface area contributed by atoms with Crippen LogP contribution in [0.5, 0.6) is 0 Å². The number of nitrogens with one attached hydrogen (secondary N) is 3. The SMILES string of the molecule is O=C(Nc1ccc(Cl)s1)NC(C(=O)Nc1ccc(C2(CN3CCS(=O)(=O)CC3)CC2)cc1)c1ccccc1. The second-order valence-electron chi connectivity index (χ2n) is 9.82. The zero-order chi connectivity index (χ0) is 26.8. The average Bonchev–Trinajstić information content (AvgIpc) is 3.57. The van der Waals surface area contributed by atoms with Gasteiger partial charge in [0, 0.05) is 30.7 Å². The fraction of sp³-hybridized carbons (Fsp3) is 0.333. The van der Waals surface area contributed by atoms with Crippen LogP contribution in [-0.2, 0) is 20.0 Å². The summed E-state index contributed by atoms with van der Waals surface area (Å²) < 4.78 is 24.1. The molecular formula is C27H29ClN4O4S2. The zero-order valence-electron chi connectivity index (χ0n) is 20.7. The van der Waals surface area contributed by atoms with Crippen molar-refractivity contribution in [3.05, 3.63) is 82.2 Å². The molecule has 1 aromatic heterocycles. The number of anilines is 2. The Morgan fingerprint density at radius 3 is 2.24 bits per heavy atom. The summed E-state index contributed by atoms with van der Waals surface area (Å²) in [7, 11) is -2.90. The van der Waals surface area contributed by atoms with Gasteiger partial charge in [0.2, 0.25) is 0 Å². The van der Waals surface area contributed by atoms with Gasteiger partial charge in [-0.1, -0.05) is 54.1 Å². The van der Waals surface area contributed by atoms with Gasteiger partial charge in [-0.25, -0.2) is 13.2 Å². The highest BCUT2D eigenvalue weighted by molar-refractivity contribution is 7.91. The Labute approximate surface area is 231 Å². The van der Waals surface area contributed by atoms with Gasteiger partial charge in [0.25, 0.3) is 5.91 Å². The van der Waals surface area contributed by atoms with Crippen LogP contribution in [0.25, 0.3) is 0 Å². The molecule has 2 heterocycles. The molecule has 0 spiro atoms. The predicted molar refractivity (Wildman–Crippen MR) is 152 cm³/mol. The number of carbonyl (C=O) groups is 2. The summed E-state index contributed by atoms with van der Waals surface area (Å²) in [6, 6.07) is 18.8. The Morgan fingerprint density at radius 2 is 1.63 bits per heavy atom. The first kappa shape index (κ1) is 26.7. The van der Waals surface area contributed by atoms with E-state index < -0.39 is 21.9 Å². The minimum Gasteiger partial charge on any atom is -0.324 e. The molecule has 200 valence electrons. The van der Waals surface area contributed by atoms with Crippen molar-refractivity contribution in [3.63, 3.8) is 0 Å². The molecule has 1 aliphatic heterocycles. The number of thiophene rings is 1. The first-order chi connectivity index (χ1) is 18.2. The lowest BCUT2D eigenvalue weighted by Gasteiger charge is -2.30. The van der Waals surface area contributed by atoms with Gasteiger partial charge in [-0.2, -0.15) is 0 Å². The van der Waals surface area contributed by atoms with Crippen molar-refractivity contribution >= 4 is 55.4 Å². The van der Waals surface area contributed by atoms with E-state index in [-0.39, 0.29) is 22.8 Å². The van der Waals surface area contributed by atoms with Gasteiger partial charge in [-0.05, 0) is 48.2 Å². The van der Waals surface area contributed by atoms with Crippen LogP contribution in [0.3, 0.4) is 0 Å². The van der Waals surface area contributed by atoms with Gasteiger partial charge >= 0.3 is 6.03 Å². The highest BCUT2D eigenvalue weighted by Crippen LogP contribution is 2.49. The maximum absolute atomic E-state index is 13.3. The van der Waals surface area contributed by atoms with Crippen molar-refractivity contribution in [1.29, 1.82) is 0 Å². The second-order valence-corrected chi connectivity index (χ2v) is 13.8. The fourth-order valence-corrected chi connectivity index (χ4v) is 6.97. The maximum Gasteiger partial charge on any atom is 0.320 e. The van der Waals surface area contributed by atoms with E-state index in [0.717, 1.165) is 19.4 Å². The summed E-state index contributed by atoms with van der Waals surface area (Å²) in [5.41, 5.74) is 2.52. The van der Waals surface area contributed by atoms with Gasteiger partial charge in [-0.15, -0.1) is 11.3 Å². The maximum atomic E-state index is 13.3. The number of benzene rings is 2. The van der Waals surface area contributed by atoms with Crippen molar-refractivity contribution in [2.24, 2.45) is 0 Å². The molecule has 3 amide bonds. The normalized spacial score (nSPS) is 18.8. The van der Waals surface area contributed by atoms with Gasteiger partial charge in [0.1, 0.15) is 6.04 Å². The summed E-state index contributed by atoms with van der Waals surface area (Å²) in [5, 5.41) is 8.98. The molecule has 5 rings (SSSR count). The third-order valence-electron chi connectivity index (χ3n) is 7.06. The molecule has 1 saturated carbocycles. The number of halogens is 1. The van der Waals surface area contributed by atoms with Crippen molar-refractivity contribution in [2.75, 3.05) is 41.8 Å². The third kappa shape index (κ3) is 6.55. The predicted octanol–water partition coefficient (Wildman–Crippen LogP) is 4.67. The molecule has 2 fully saturated rings. The average molecular weight is 573 g/mol. The number of carbonyl (C=O) groups excluding carboxylic acids is 2. The standard InChI is InChI=1S/C27H29ClN4O4S2/c28-22-10-11-23(37-22)30-26(34)31-24(19-4-2-1-3-5-19)25(33)29-21-8-6-20(7-9-21)27(12-13-27)18-32-14-16-38(35,36)17-15-32/h1-11,24H,12-18H2,(H,29,33)(H2,30,31,34). The van der Waals surface area contributed by atoms with E-state index in [1.807, 2.05) is 42.5 Å². The smallest absolute Gasteiger partial charge is 0.320 e. The molecule has 8 nitrogen and oxygen atoms in total. The lowest BCUT2D eigenvalue weighted by Crippen LogP contribution is -2.43. The van der Waals surface area contributed by atoms with E-state index in [1.54, 1.807) is 24.3 Å². The van der Waals surface area contributed by atoms with Gasteiger partial charge < -0.3 is 15.5 Å². The van der Waals surface area contributed by atoms with Crippen molar-refractivity contribution in [1.82, 2.24) is 10.2 Å². The Kier molecular flexibility index (Phi) is 7.76. The van der Waals surface area contributed by atoms with E-state index in [0.29, 0.717) is 33.7 Å². The Bertz CT molecular complexity index is 1390. The highest BCUT2D eigenvalue weighted by atomic mass is 35.5. The molecule has 3 N–H and O–H groups in total. The number of hydrogen-bond acceptors (Lipinski definition) is 6. The van der Waals surface area contributed by atoms with E-state index in [9.17, 15) is 18.0 Å². The molecule has 1 atom stereocenters. The summed E-state index contributed by atoms with van der Waals surface area (Å²) >= 11 is 7.18. The van der Waals surface area contributed by atoms with E-state index in [4.69, 9.17) is 11.6 Å². The lowest BCUT2D eigenvalue weighted by molar-refractivity contribution is -0.118. The van der Waals surface area contributed by atoms with E-state index in [1.165, 1.54) is 16.9 Å². The molecule has 38 heavy (non-hydrogen) atoms. The summed E-state index contributed by atoms with van der Waals surface area (Å²) in [4.78, 5) is 28.2. The topological polar surface area (TPSA) is 108 Å². The molecule has 2 aliphatic rings. The zero-order valence-corrected chi connectivity index (χ0v) is 23.0. The molecule has 2 aromatic carbocycles. The first-order valence-electron chi connectivity index (χ1n) is 12.4. The van der Waals surface area contributed by atoms with Crippen molar-refractivity contribution < 1.29 is 18.0 Å². The third-order valence-corrected chi connectivity index (χ3v) is 9.82. The van der Waals surface area contributed by atoms with Gasteiger partial charge in [-0.3, -0.25) is 10.1 Å². The van der Waals surface area contributed by atoms with E-state index in [2.05, 4.69) is 20.9 Å². The van der Waals surface area contributed by atoms with Crippen LogP contribution in [0.15, 0.2) is 66.7 Å². The molecule has 1 aliphatic carbocycles. The van der Waals surface area contributed by atoms with Crippen molar-refractivity contribution in [3.8, 4) is 0 Å². The number of sulfone groups is 1. The number of urea groups is 1. The lowest BCUT2D eigenvalue weighted by atomic mass is 9.95. The Balaban J connectivity index is 1.24. The van der Waals surface area contributed by atoms with Crippen LogP contribution in [-0.4, -0.2) is 56.4 Å². The minimum absolute atomic E-state index is 0.0422. The fourth-order valence-electron chi connectivity index (χ4n) is 4.75. The molecule has 1 saturated heterocycles. The van der Waals surface area contributed by atoms with Crippen LogP contribution in [0.4, 0.5) is 15.5 Å². The van der Waals surface area contributed by atoms with E-state index >= 15 is 0 Å². The first-order valence-corrected chi connectivity index (χ1v) is 15.5. The molecule has 0 bridgehead atoms. The quantitative estimate of drug-likeness (QED) is 0.364. The molecule has 0 radical (unpaired) electrons. The van der Waals surface area contributed by atoms with Crippen LogP contribution in [0, 0.1) is 0 Å². The number of rotatable bonds is 8. The molecule has 1 unspecified atom stereocenters. The molecule has 3 aromatic rings. The number of amides is 3. The summed E-state index contributed by atoms with van der Waals surface area (Å²) in [6.45, 7) is 2.01. The van der Waals surface area contributed by atoms with Crippen LogP contribution < -0.4 is 16.0 Å². The Hall–Kier alpha value is -2.92. The molecular weight excluding hydrogens is 544 g/mol. The van der Waals surface area contributed by atoms with Crippen LogP contribution in [0.2, 0.25) is 4.34 Å². The summed E-state index contributed by atoms with van der Waals surface area (Å²) in [5.74, 6) is 0.0898. The minimum atomic E-state index is -2.90.